The van der Waals surface area contributed by atoms with Gasteiger partial charge in [0, 0.05) is 18.8 Å². The molecule has 1 heterocycles. The maximum atomic E-state index is 4.69. The molecule has 0 aliphatic heterocycles. The molecule has 0 radical (unpaired) electrons. The topological polar surface area (TPSA) is 29.9 Å². The molecule has 3 nitrogen and oxygen atoms in total. The molecule has 0 aliphatic rings. The molecule has 0 aliphatic carbocycles. The number of aryl methyl sites for hydroxylation is 1. The van der Waals surface area contributed by atoms with Crippen LogP contribution in [0.2, 0.25) is 0 Å². The summed E-state index contributed by atoms with van der Waals surface area (Å²) in [6.07, 6.45) is 4.36. The third-order valence-corrected chi connectivity index (χ3v) is 4.22. The fraction of sp³-hybridized carbons (Fsp3) is 0.500. The van der Waals surface area contributed by atoms with Crippen LogP contribution in [0.5, 0.6) is 0 Å². The molecule has 0 unspecified atom stereocenters. The van der Waals surface area contributed by atoms with Gasteiger partial charge in [-0.3, -0.25) is 4.68 Å². The van der Waals surface area contributed by atoms with Crippen molar-refractivity contribution < 1.29 is 0 Å². The highest BCUT2D eigenvalue weighted by Gasteiger charge is 2.10. The molecule has 2 rings (SSSR count). The standard InChI is InChI=1S/C18H27N3/c1-5-17(6-2)21-12-11-16(20-21)13-19-15(4)18-10-8-7-9-14(18)3/h7-12,15,17,19H,5-6,13H2,1-4H3/t15-/m1/s1. The van der Waals surface area contributed by atoms with Crippen LogP contribution in [0.15, 0.2) is 36.5 Å². The molecule has 0 saturated heterocycles. The average molecular weight is 285 g/mol. The van der Waals surface area contributed by atoms with Gasteiger partial charge in [-0.1, -0.05) is 38.1 Å². The lowest BCUT2D eigenvalue weighted by Gasteiger charge is -2.16. The Hall–Kier alpha value is -1.61. The van der Waals surface area contributed by atoms with E-state index in [0.717, 1.165) is 25.1 Å². The van der Waals surface area contributed by atoms with Gasteiger partial charge in [0.15, 0.2) is 0 Å². The molecule has 21 heavy (non-hydrogen) atoms. The summed E-state index contributed by atoms with van der Waals surface area (Å²) in [6, 6.07) is 11.5. The van der Waals surface area contributed by atoms with E-state index in [1.54, 1.807) is 0 Å². The summed E-state index contributed by atoms with van der Waals surface area (Å²) in [6.45, 7) is 9.61. The van der Waals surface area contributed by atoms with E-state index in [-0.39, 0.29) is 0 Å². The summed E-state index contributed by atoms with van der Waals surface area (Å²) >= 11 is 0. The number of hydrogen-bond donors (Lipinski definition) is 1. The Bertz CT molecular complexity index is 555. The van der Waals surface area contributed by atoms with Crippen LogP contribution in [-0.4, -0.2) is 9.78 Å². The second-order valence-corrected chi connectivity index (χ2v) is 5.72. The van der Waals surface area contributed by atoms with Crippen LogP contribution in [0.3, 0.4) is 0 Å². The zero-order valence-corrected chi connectivity index (χ0v) is 13.6. The van der Waals surface area contributed by atoms with E-state index >= 15 is 0 Å². The van der Waals surface area contributed by atoms with Gasteiger partial charge in [0.05, 0.1) is 11.7 Å². The Morgan fingerprint density at radius 3 is 2.52 bits per heavy atom. The monoisotopic (exact) mass is 285 g/mol. The number of nitrogens with one attached hydrogen (secondary N) is 1. The lowest BCUT2D eigenvalue weighted by molar-refractivity contribution is 0.423. The summed E-state index contributed by atoms with van der Waals surface area (Å²) in [5, 5.41) is 8.26. The second-order valence-electron chi connectivity index (χ2n) is 5.72. The molecule has 0 bridgehead atoms. The van der Waals surface area contributed by atoms with Crippen LogP contribution >= 0.6 is 0 Å². The van der Waals surface area contributed by atoms with Crippen LogP contribution in [0, 0.1) is 6.92 Å². The van der Waals surface area contributed by atoms with Crippen LogP contribution in [0.25, 0.3) is 0 Å². The SMILES string of the molecule is CCC(CC)n1ccc(CN[C@H](C)c2ccccc2C)n1. The first-order valence-electron chi connectivity index (χ1n) is 7.98. The third kappa shape index (κ3) is 3.94. The summed E-state index contributed by atoms with van der Waals surface area (Å²) in [7, 11) is 0. The van der Waals surface area contributed by atoms with Gasteiger partial charge in [0.25, 0.3) is 0 Å². The quantitative estimate of drug-likeness (QED) is 0.817. The normalized spacial score (nSPS) is 12.8. The summed E-state index contributed by atoms with van der Waals surface area (Å²) in [4.78, 5) is 0. The van der Waals surface area contributed by atoms with Gasteiger partial charge in [-0.05, 0) is 43.9 Å². The van der Waals surface area contributed by atoms with Crippen molar-refractivity contribution >= 4 is 0 Å². The van der Waals surface area contributed by atoms with Gasteiger partial charge in [0.2, 0.25) is 0 Å². The Balaban J connectivity index is 1.96. The molecule has 0 amide bonds. The molecule has 1 aromatic carbocycles. The summed E-state index contributed by atoms with van der Waals surface area (Å²) in [5.74, 6) is 0. The Labute approximate surface area is 128 Å². The van der Waals surface area contributed by atoms with Gasteiger partial charge < -0.3 is 5.32 Å². The smallest absolute Gasteiger partial charge is 0.0762 e. The van der Waals surface area contributed by atoms with Crippen molar-refractivity contribution in [2.75, 3.05) is 0 Å². The van der Waals surface area contributed by atoms with Crippen LogP contribution in [-0.2, 0) is 6.54 Å². The first-order chi connectivity index (χ1) is 10.2. The Morgan fingerprint density at radius 2 is 1.86 bits per heavy atom. The minimum absolute atomic E-state index is 0.337. The molecule has 1 atom stereocenters. The van der Waals surface area contributed by atoms with E-state index in [4.69, 9.17) is 5.10 Å². The van der Waals surface area contributed by atoms with Gasteiger partial charge in [-0.2, -0.15) is 5.10 Å². The van der Waals surface area contributed by atoms with Crippen LogP contribution in [0.1, 0.15) is 62.5 Å². The van der Waals surface area contributed by atoms with Crippen molar-refractivity contribution in [3.05, 3.63) is 53.3 Å². The van der Waals surface area contributed by atoms with Crippen molar-refractivity contribution in [1.29, 1.82) is 0 Å². The van der Waals surface area contributed by atoms with E-state index in [1.165, 1.54) is 11.1 Å². The van der Waals surface area contributed by atoms with Crippen molar-refractivity contribution in [3.63, 3.8) is 0 Å². The van der Waals surface area contributed by atoms with Gasteiger partial charge >= 0.3 is 0 Å². The molecule has 0 spiro atoms. The molecular formula is C18H27N3. The van der Waals surface area contributed by atoms with E-state index in [1.807, 2.05) is 0 Å². The molecule has 1 aromatic heterocycles. The number of benzene rings is 1. The van der Waals surface area contributed by atoms with E-state index in [0.29, 0.717) is 12.1 Å². The molecule has 1 N–H and O–H groups in total. The lowest BCUT2D eigenvalue weighted by atomic mass is 10.0. The second kappa shape index (κ2) is 7.41. The van der Waals surface area contributed by atoms with Crippen LogP contribution < -0.4 is 5.32 Å². The minimum atomic E-state index is 0.337. The van der Waals surface area contributed by atoms with Gasteiger partial charge in [0.1, 0.15) is 0 Å². The van der Waals surface area contributed by atoms with Gasteiger partial charge in [-0.15, -0.1) is 0 Å². The van der Waals surface area contributed by atoms with Gasteiger partial charge in [-0.25, -0.2) is 0 Å². The number of nitrogens with zero attached hydrogens (tertiary/aromatic N) is 2. The molecule has 0 fully saturated rings. The van der Waals surface area contributed by atoms with Crippen molar-refractivity contribution in [2.45, 2.75) is 59.2 Å². The predicted molar refractivity (Wildman–Crippen MR) is 88.3 cm³/mol. The molecular weight excluding hydrogens is 258 g/mol. The molecule has 3 heteroatoms. The zero-order valence-electron chi connectivity index (χ0n) is 13.6. The molecule has 2 aromatic rings. The predicted octanol–water partition coefficient (Wildman–Crippen LogP) is 4.40. The highest BCUT2D eigenvalue weighted by atomic mass is 15.3. The highest BCUT2D eigenvalue weighted by Crippen LogP contribution is 2.18. The summed E-state index contributed by atoms with van der Waals surface area (Å²) < 4.78 is 2.11. The Morgan fingerprint density at radius 1 is 1.14 bits per heavy atom. The summed E-state index contributed by atoms with van der Waals surface area (Å²) in [5.41, 5.74) is 3.80. The highest BCUT2D eigenvalue weighted by molar-refractivity contribution is 5.28. The van der Waals surface area contributed by atoms with Crippen molar-refractivity contribution in [2.24, 2.45) is 0 Å². The largest absolute Gasteiger partial charge is 0.304 e. The van der Waals surface area contributed by atoms with E-state index in [2.05, 4.69) is 74.2 Å². The fourth-order valence-electron chi connectivity index (χ4n) is 2.78. The van der Waals surface area contributed by atoms with Crippen molar-refractivity contribution in [3.8, 4) is 0 Å². The zero-order chi connectivity index (χ0) is 15.2. The van der Waals surface area contributed by atoms with E-state index < -0.39 is 0 Å². The number of aromatic nitrogens is 2. The lowest BCUT2D eigenvalue weighted by Crippen LogP contribution is -2.19. The number of rotatable bonds is 7. The Kier molecular flexibility index (Phi) is 5.57. The van der Waals surface area contributed by atoms with Crippen molar-refractivity contribution in [1.82, 2.24) is 15.1 Å². The van der Waals surface area contributed by atoms with Crippen LogP contribution in [0.4, 0.5) is 0 Å². The average Bonchev–Trinajstić information content (AvgIpc) is 2.95. The number of hydrogen-bond acceptors (Lipinski definition) is 2. The molecule has 0 saturated carbocycles. The maximum absolute atomic E-state index is 4.69. The maximum Gasteiger partial charge on any atom is 0.0762 e. The third-order valence-electron chi connectivity index (χ3n) is 4.22. The van der Waals surface area contributed by atoms with E-state index in [9.17, 15) is 0 Å². The molecule has 114 valence electrons. The first kappa shape index (κ1) is 15.8. The minimum Gasteiger partial charge on any atom is -0.304 e. The fourth-order valence-corrected chi connectivity index (χ4v) is 2.78. The first-order valence-corrected chi connectivity index (χ1v) is 7.98.